The number of benzene rings is 1. The molecule has 1 aromatic rings. The third-order valence-electron chi connectivity index (χ3n) is 1.83. The van der Waals surface area contributed by atoms with E-state index in [1.165, 1.54) is 0 Å². The molecule has 0 aliphatic rings. The number of thiocarbonyl (C=S) groups is 1. The first-order valence-corrected chi connectivity index (χ1v) is 4.23. The van der Waals surface area contributed by atoms with Crippen molar-refractivity contribution >= 4 is 17.2 Å². The third kappa shape index (κ3) is 2.24. The molecule has 0 atom stereocenters. The predicted molar refractivity (Wildman–Crippen MR) is 54.2 cm³/mol. The lowest BCUT2D eigenvalue weighted by atomic mass is 10.1. The van der Waals surface area contributed by atoms with Crippen molar-refractivity contribution in [3.63, 3.8) is 0 Å². The van der Waals surface area contributed by atoms with Crippen molar-refractivity contribution in [2.24, 2.45) is 5.73 Å². The maximum absolute atomic E-state index is 8.96. The lowest BCUT2D eigenvalue weighted by Gasteiger charge is -2.06. The summed E-state index contributed by atoms with van der Waals surface area (Å²) < 4.78 is 0. The van der Waals surface area contributed by atoms with E-state index in [2.05, 4.69) is 0 Å². The van der Waals surface area contributed by atoms with Gasteiger partial charge in [0.25, 0.3) is 0 Å². The summed E-state index contributed by atoms with van der Waals surface area (Å²) in [5, 5.41) is 17.9. The van der Waals surface area contributed by atoms with Crippen LogP contribution >= 0.6 is 12.2 Å². The molecule has 3 nitrogen and oxygen atoms in total. The second-order valence-electron chi connectivity index (χ2n) is 2.66. The van der Waals surface area contributed by atoms with Crippen LogP contribution in [0.2, 0.25) is 0 Å². The van der Waals surface area contributed by atoms with Crippen LogP contribution in [0.1, 0.15) is 16.7 Å². The molecule has 0 fully saturated rings. The molecule has 0 saturated carbocycles. The Morgan fingerprint density at radius 2 is 1.85 bits per heavy atom. The highest BCUT2D eigenvalue weighted by atomic mass is 32.1. The molecule has 4 N–H and O–H groups in total. The van der Waals surface area contributed by atoms with Crippen molar-refractivity contribution in [3.8, 4) is 0 Å². The van der Waals surface area contributed by atoms with Crippen molar-refractivity contribution < 1.29 is 10.2 Å². The van der Waals surface area contributed by atoms with E-state index in [-0.39, 0.29) is 13.2 Å². The SMILES string of the molecule is NC(=S)c1ccc(CO)c(CO)c1. The van der Waals surface area contributed by atoms with Crippen LogP contribution < -0.4 is 5.73 Å². The lowest BCUT2D eigenvalue weighted by Crippen LogP contribution is -2.10. The summed E-state index contributed by atoms with van der Waals surface area (Å²) in [6.45, 7) is -0.208. The van der Waals surface area contributed by atoms with Crippen molar-refractivity contribution in [3.05, 3.63) is 34.9 Å². The van der Waals surface area contributed by atoms with E-state index in [9.17, 15) is 0 Å². The molecule has 4 heteroatoms. The summed E-state index contributed by atoms with van der Waals surface area (Å²) in [5.41, 5.74) is 7.48. The van der Waals surface area contributed by atoms with Crippen molar-refractivity contribution in [1.29, 1.82) is 0 Å². The zero-order chi connectivity index (χ0) is 9.84. The van der Waals surface area contributed by atoms with Gasteiger partial charge in [0.05, 0.1) is 13.2 Å². The molecule has 0 bridgehead atoms. The molecule has 1 aromatic carbocycles. The van der Waals surface area contributed by atoms with Gasteiger partial charge in [0, 0.05) is 5.56 Å². The third-order valence-corrected chi connectivity index (χ3v) is 2.07. The highest BCUT2D eigenvalue weighted by Gasteiger charge is 2.03. The molecule has 0 aliphatic carbocycles. The number of hydrogen-bond donors (Lipinski definition) is 3. The number of hydrogen-bond acceptors (Lipinski definition) is 3. The van der Waals surface area contributed by atoms with Crippen LogP contribution in [-0.2, 0) is 13.2 Å². The van der Waals surface area contributed by atoms with Crippen LogP contribution in [0.4, 0.5) is 0 Å². The van der Waals surface area contributed by atoms with E-state index < -0.39 is 0 Å². The fourth-order valence-electron chi connectivity index (χ4n) is 1.08. The van der Waals surface area contributed by atoms with Crippen LogP contribution in [0.3, 0.4) is 0 Å². The molecule has 70 valence electrons. The van der Waals surface area contributed by atoms with E-state index in [1.54, 1.807) is 18.2 Å². The highest BCUT2D eigenvalue weighted by molar-refractivity contribution is 7.80. The summed E-state index contributed by atoms with van der Waals surface area (Å²) in [5.74, 6) is 0. The molecule has 1 rings (SSSR count). The van der Waals surface area contributed by atoms with Gasteiger partial charge in [-0.25, -0.2) is 0 Å². The standard InChI is InChI=1S/C9H11NO2S/c10-9(13)6-1-2-7(4-11)8(3-6)5-12/h1-3,11-12H,4-5H2,(H2,10,13). The number of aliphatic hydroxyl groups is 2. The van der Waals surface area contributed by atoms with Gasteiger partial charge in [-0.15, -0.1) is 0 Å². The number of rotatable bonds is 3. The average molecular weight is 197 g/mol. The van der Waals surface area contributed by atoms with Gasteiger partial charge in [0.1, 0.15) is 4.99 Å². The van der Waals surface area contributed by atoms with E-state index in [4.69, 9.17) is 28.2 Å². The van der Waals surface area contributed by atoms with Crippen molar-refractivity contribution in [2.75, 3.05) is 0 Å². The summed E-state index contributed by atoms with van der Waals surface area (Å²) in [6, 6.07) is 5.13. The Hall–Kier alpha value is -0.970. The summed E-state index contributed by atoms with van der Waals surface area (Å²) in [4.78, 5) is 0.291. The molecular weight excluding hydrogens is 186 g/mol. The Bertz CT molecular complexity index is 325. The normalized spacial score (nSPS) is 10.0. The van der Waals surface area contributed by atoms with Crippen LogP contribution in [0.5, 0.6) is 0 Å². The minimum absolute atomic E-state index is 0.0898. The Balaban J connectivity index is 3.13. The molecule has 0 radical (unpaired) electrons. The first kappa shape index (κ1) is 10.1. The first-order chi connectivity index (χ1) is 6.19. The van der Waals surface area contributed by atoms with E-state index in [1.807, 2.05) is 0 Å². The zero-order valence-electron chi connectivity index (χ0n) is 7.03. The largest absolute Gasteiger partial charge is 0.392 e. The molecule has 0 spiro atoms. The fourth-order valence-corrected chi connectivity index (χ4v) is 1.21. The van der Waals surface area contributed by atoms with Crippen LogP contribution in [-0.4, -0.2) is 15.2 Å². The molecule has 0 amide bonds. The Kier molecular flexibility index (Phi) is 3.36. The predicted octanol–water partition coefficient (Wildman–Crippen LogP) is 0.305. The average Bonchev–Trinajstić information content (AvgIpc) is 2.16. The van der Waals surface area contributed by atoms with Gasteiger partial charge < -0.3 is 15.9 Å². The van der Waals surface area contributed by atoms with Gasteiger partial charge in [-0.05, 0) is 17.2 Å². The second-order valence-corrected chi connectivity index (χ2v) is 3.10. The van der Waals surface area contributed by atoms with Crippen molar-refractivity contribution in [2.45, 2.75) is 13.2 Å². The van der Waals surface area contributed by atoms with Gasteiger partial charge in [-0.1, -0.05) is 24.4 Å². The fraction of sp³-hybridized carbons (Fsp3) is 0.222. The molecule has 0 aromatic heterocycles. The van der Waals surface area contributed by atoms with Gasteiger partial charge in [-0.2, -0.15) is 0 Å². The Morgan fingerprint density at radius 1 is 1.23 bits per heavy atom. The molecule has 0 aliphatic heterocycles. The topological polar surface area (TPSA) is 66.5 Å². The van der Waals surface area contributed by atoms with Crippen molar-refractivity contribution in [1.82, 2.24) is 0 Å². The Morgan fingerprint density at radius 3 is 2.31 bits per heavy atom. The Labute approximate surface area is 81.8 Å². The van der Waals surface area contributed by atoms with E-state index in [0.29, 0.717) is 21.7 Å². The number of aliphatic hydroxyl groups excluding tert-OH is 2. The monoisotopic (exact) mass is 197 g/mol. The maximum Gasteiger partial charge on any atom is 0.103 e. The molecule has 0 saturated heterocycles. The highest BCUT2D eigenvalue weighted by Crippen LogP contribution is 2.12. The summed E-state index contributed by atoms with van der Waals surface area (Å²) >= 11 is 4.78. The van der Waals surface area contributed by atoms with Gasteiger partial charge in [-0.3, -0.25) is 0 Å². The van der Waals surface area contributed by atoms with E-state index >= 15 is 0 Å². The van der Waals surface area contributed by atoms with Gasteiger partial charge in [0.2, 0.25) is 0 Å². The second kappa shape index (κ2) is 4.32. The number of nitrogens with two attached hydrogens (primary N) is 1. The lowest BCUT2D eigenvalue weighted by molar-refractivity contribution is 0.260. The van der Waals surface area contributed by atoms with Crippen LogP contribution in [0, 0.1) is 0 Å². The minimum atomic E-state index is -0.119. The maximum atomic E-state index is 8.96. The zero-order valence-corrected chi connectivity index (χ0v) is 7.84. The first-order valence-electron chi connectivity index (χ1n) is 3.82. The van der Waals surface area contributed by atoms with Crippen LogP contribution in [0.15, 0.2) is 18.2 Å². The molecule has 0 heterocycles. The quantitative estimate of drug-likeness (QED) is 0.610. The smallest absolute Gasteiger partial charge is 0.103 e. The van der Waals surface area contributed by atoms with Gasteiger partial charge >= 0.3 is 0 Å². The van der Waals surface area contributed by atoms with Gasteiger partial charge in [0.15, 0.2) is 0 Å². The summed E-state index contributed by atoms with van der Waals surface area (Å²) in [7, 11) is 0. The van der Waals surface area contributed by atoms with Crippen LogP contribution in [0.25, 0.3) is 0 Å². The summed E-state index contributed by atoms with van der Waals surface area (Å²) in [6.07, 6.45) is 0. The minimum Gasteiger partial charge on any atom is -0.392 e. The van der Waals surface area contributed by atoms with E-state index in [0.717, 1.165) is 0 Å². The molecular formula is C9H11NO2S. The molecule has 13 heavy (non-hydrogen) atoms. The molecule has 0 unspecified atom stereocenters.